The lowest BCUT2D eigenvalue weighted by molar-refractivity contribution is -0.384. The van der Waals surface area contributed by atoms with Crippen molar-refractivity contribution in [2.75, 3.05) is 6.61 Å². The Morgan fingerprint density at radius 3 is 2.81 bits per heavy atom. The lowest BCUT2D eigenvalue weighted by Gasteiger charge is -2.07. The Labute approximate surface area is 146 Å². The Bertz CT molecular complexity index is 1180. The van der Waals surface area contributed by atoms with Crippen LogP contribution in [0.15, 0.2) is 51.7 Å². The highest BCUT2D eigenvalue weighted by Gasteiger charge is 2.18. The van der Waals surface area contributed by atoms with E-state index in [1.807, 2.05) is 24.3 Å². The van der Waals surface area contributed by atoms with Crippen LogP contribution >= 0.6 is 0 Å². The molecule has 2 aromatic heterocycles. The summed E-state index contributed by atoms with van der Waals surface area (Å²) in [6, 6.07) is 11.5. The van der Waals surface area contributed by atoms with E-state index < -0.39 is 10.5 Å². The summed E-state index contributed by atoms with van der Waals surface area (Å²) in [4.78, 5) is 30.6. The average molecular weight is 351 g/mol. The molecule has 0 bridgehead atoms. The van der Waals surface area contributed by atoms with Gasteiger partial charge >= 0.3 is 5.63 Å². The van der Waals surface area contributed by atoms with Gasteiger partial charge in [0.2, 0.25) is 0 Å². The Morgan fingerprint density at radius 1 is 1.27 bits per heavy atom. The molecule has 26 heavy (non-hydrogen) atoms. The summed E-state index contributed by atoms with van der Waals surface area (Å²) in [6.07, 6.45) is 0. The number of aromatic amines is 1. The van der Waals surface area contributed by atoms with Crippen molar-refractivity contribution in [1.82, 2.24) is 9.97 Å². The Kier molecular flexibility index (Phi) is 3.65. The van der Waals surface area contributed by atoms with Gasteiger partial charge in [-0.25, -0.2) is 9.78 Å². The van der Waals surface area contributed by atoms with Gasteiger partial charge in [0, 0.05) is 11.5 Å². The zero-order valence-corrected chi connectivity index (χ0v) is 13.7. The van der Waals surface area contributed by atoms with Gasteiger partial charge in [0.15, 0.2) is 11.3 Å². The molecule has 0 fully saturated rings. The highest BCUT2D eigenvalue weighted by atomic mass is 16.6. The second kappa shape index (κ2) is 5.99. The molecule has 8 nitrogen and oxygen atoms in total. The van der Waals surface area contributed by atoms with E-state index in [0.29, 0.717) is 16.7 Å². The first-order chi connectivity index (χ1) is 12.6. The smallest absolute Gasteiger partial charge is 0.347 e. The van der Waals surface area contributed by atoms with Crippen molar-refractivity contribution in [3.63, 3.8) is 0 Å². The van der Waals surface area contributed by atoms with Crippen LogP contribution in [-0.2, 0) is 0 Å². The lowest BCUT2D eigenvalue weighted by atomic mass is 10.1. The number of hydrogen-bond acceptors (Lipinski definition) is 6. The fourth-order valence-electron chi connectivity index (χ4n) is 2.80. The van der Waals surface area contributed by atoms with Crippen LogP contribution in [0.2, 0.25) is 0 Å². The number of rotatable bonds is 4. The Balaban J connectivity index is 1.97. The largest absolute Gasteiger partial charge is 0.490 e. The molecule has 2 heterocycles. The maximum atomic E-state index is 12.5. The third-order valence-corrected chi connectivity index (χ3v) is 3.94. The summed E-state index contributed by atoms with van der Waals surface area (Å²) in [5.41, 5.74) is 1.09. The van der Waals surface area contributed by atoms with Crippen molar-refractivity contribution in [1.29, 1.82) is 0 Å². The highest BCUT2D eigenvalue weighted by molar-refractivity contribution is 5.88. The molecule has 0 saturated carbocycles. The van der Waals surface area contributed by atoms with Crippen LogP contribution < -0.4 is 10.4 Å². The van der Waals surface area contributed by atoms with Gasteiger partial charge in [-0.1, -0.05) is 12.1 Å². The zero-order chi connectivity index (χ0) is 18.3. The van der Waals surface area contributed by atoms with E-state index in [-0.39, 0.29) is 29.2 Å². The van der Waals surface area contributed by atoms with Crippen LogP contribution in [0, 0.1) is 10.1 Å². The normalized spacial score (nSPS) is 11.1. The Hall–Kier alpha value is -3.68. The molecular formula is C18H13N3O5. The van der Waals surface area contributed by atoms with Crippen molar-refractivity contribution in [2.45, 2.75) is 6.92 Å². The van der Waals surface area contributed by atoms with Crippen molar-refractivity contribution < 1.29 is 14.1 Å². The molecule has 0 aliphatic heterocycles. The average Bonchev–Trinajstić information content (AvgIpc) is 3.05. The van der Waals surface area contributed by atoms with Crippen molar-refractivity contribution >= 4 is 27.7 Å². The Morgan fingerprint density at radius 2 is 2.08 bits per heavy atom. The molecule has 130 valence electrons. The SMILES string of the molecule is CCOc1cc([N+](=O)[O-])cc2cc(-c3nc4ccccc4[nH]3)c(=O)oc12. The molecule has 1 N–H and O–H groups in total. The predicted molar refractivity (Wildman–Crippen MR) is 95.4 cm³/mol. The molecule has 4 aromatic rings. The van der Waals surface area contributed by atoms with E-state index in [1.54, 1.807) is 6.92 Å². The topological polar surface area (TPSA) is 111 Å². The number of ether oxygens (including phenoxy) is 1. The molecule has 0 aliphatic carbocycles. The van der Waals surface area contributed by atoms with Crippen LogP contribution in [0.5, 0.6) is 5.75 Å². The molecule has 8 heteroatoms. The number of aromatic nitrogens is 2. The van der Waals surface area contributed by atoms with Gasteiger partial charge in [0.25, 0.3) is 5.69 Å². The fraction of sp³-hybridized carbons (Fsp3) is 0.111. The van der Waals surface area contributed by atoms with E-state index in [1.165, 1.54) is 18.2 Å². The quantitative estimate of drug-likeness (QED) is 0.341. The molecule has 4 rings (SSSR count). The summed E-state index contributed by atoms with van der Waals surface area (Å²) in [5.74, 6) is 0.497. The second-order valence-corrected chi connectivity index (χ2v) is 5.60. The number of imidazole rings is 1. The van der Waals surface area contributed by atoms with Gasteiger partial charge in [0.1, 0.15) is 11.4 Å². The predicted octanol–water partition coefficient (Wildman–Crippen LogP) is 3.64. The molecule has 0 aliphatic rings. The van der Waals surface area contributed by atoms with Crippen LogP contribution in [0.3, 0.4) is 0 Å². The van der Waals surface area contributed by atoms with E-state index >= 15 is 0 Å². The van der Waals surface area contributed by atoms with Gasteiger partial charge in [0.05, 0.1) is 28.6 Å². The van der Waals surface area contributed by atoms with E-state index in [0.717, 1.165) is 5.52 Å². The number of non-ortho nitro benzene ring substituents is 1. The number of nitro groups is 1. The standard InChI is InChI=1S/C18H13N3O5/c1-2-25-15-9-11(21(23)24)7-10-8-12(18(22)26-16(10)15)17-19-13-5-3-4-6-14(13)20-17/h3-9H,2H2,1H3,(H,19,20). The van der Waals surface area contributed by atoms with Crippen LogP contribution in [-0.4, -0.2) is 21.5 Å². The van der Waals surface area contributed by atoms with Gasteiger partial charge < -0.3 is 14.1 Å². The van der Waals surface area contributed by atoms with Crippen molar-refractivity contribution in [3.05, 3.63) is 63.0 Å². The van der Waals surface area contributed by atoms with Gasteiger partial charge in [-0.15, -0.1) is 0 Å². The summed E-state index contributed by atoms with van der Waals surface area (Å²) >= 11 is 0. The molecular weight excluding hydrogens is 338 g/mol. The minimum Gasteiger partial charge on any atom is -0.490 e. The monoisotopic (exact) mass is 351 g/mol. The van der Waals surface area contributed by atoms with E-state index in [4.69, 9.17) is 9.15 Å². The van der Waals surface area contributed by atoms with Gasteiger partial charge in [-0.2, -0.15) is 0 Å². The lowest BCUT2D eigenvalue weighted by Crippen LogP contribution is -2.05. The minimum absolute atomic E-state index is 0.148. The van der Waals surface area contributed by atoms with Gasteiger partial charge in [-0.05, 0) is 25.1 Å². The molecule has 0 unspecified atom stereocenters. The van der Waals surface area contributed by atoms with Crippen LogP contribution in [0.25, 0.3) is 33.4 Å². The number of benzene rings is 2. The first-order valence-electron chi connectivity index (χ1n) is 7.91. The van der Waals surface area contributed by atoms with E-state index in [9.17, 15) is 14.9 Å². The maximum absolute atomic E-state index is 12.5. The van der Waals surface area contributed by atoms with Crippen molar-refractivity contribution in [3.8, 4) is 17.1 Å². The number of fused-ring (bicyclic) bond motifs is 2. The van der Waals surface area contributed by atoms with E-state index in [2.05, 4.69) is 9.97 Å². The number of para-hydroxylation sites is 2. The maximum Gasteiger partial charge on any atom is 0.347 e. The molecule has 2 aromatic carbocycles. The highest BCUT2D eigenvalue weighted by Crippen LogP contribution is 2.32. The third-order valence-electron chi connectivity index (χ3n) is 3.94. The number of H-pyrrole nitrogens is 1. The van der Waals surface area contributed by atoms with Gasteiger partial charge in [-0.3, -0.25) is 10.1 Å². The number of nitro benzene ring substituents is 1. The van der Waals surface area contributed by atoms with Crippen molar-refractivity contribution in [2.24, 2.45) is 0 Å². The molecule has 0 spiro atoms. The second-order valence-electron chi connectivity index (χ2n) is 5.60. The third kappa shape index (κ3) is 2.57. The van der Waals surface area contributed by atoms with Crippen LogP contribution in [0.1, 0.15) is 6.92 Å². The number of nitrogens with one attached hydrogen (secondary N) is 1. The summed E-state index contributed by atoms with van der Waals surface area (Å²) in [5, 5.41) is 11.6. The summed E-state index contributed by atoms with van der Waals surface area (Å²) < 4.78 is 10.8. The number of nitrogens with zero attached hydrogens (tertiary/aromatic N) is 2. The summed E-state index contributed by atoms with van der Waals surface area (Å²) in [7, 11) is 0. The summed E-state index contributed by atoms with van der Waals surface area (Å²) in [6.45, 7) is 2.02. The molecule has 0 atom stereocenters. The molecule has 0 radical (unpaired) electrons. The fourth-order valence-corrected chi connectivity index (χ4v) is 2.80. The zero-order valence-electron chi connectivity index (χ0n) is 13.7. The number of hydrogen-bond donors (Lipinski definition) is 1. The molecule has 0 saturated heterocycles. The first kappa shape index (κ1) is 15.8. The molecule has 0 amide bonds. The minimum atomic E-state index is -0.605. The van der Waals surface area contributed by atoms with Crippen LogP contribution in [0.4, 0.5) is 5.69 Å². The first-order valence-corrected chi connectivity index (χ1v) is 7.91.